The topological polar surface area (TPSA) is 104 Å². The van der Waals surface area contributed by atoms with Crippen molar-refractivity contribution < 1.29 is 18.0 Å². The first-order valence-corrected chi connectivity index (χ1v) is 12.7. The van der Waals surface area contributed by atoms with E-state index in [4.69, 9.17) is 0 Å². The average Bonchev–Trinajstić information content (AvgIpc) is 3.07. The number of hydrogen-bond acceptors (Lipinski definition) is 4. The second kappa shape index (κ2) is 11.7. The molecule has 8 heteroatoms. The van der Waals surface area contributed by atoms with E-state index in [2.05, 4.69) is 15.4 Å². The number of benzene rings is 2. The summed E-state index contributed by atoms with van der Waals surface area (Å²) in [4.78, 5) is 24.2. The lowest BCUT2D eigenvalue weighted by molar-refractivity contribution is 0.0951. The van der Waals surface area contributed by atoms with Gasteiger partial charge in [0.1, 0.15) is 0 Å². The van der Waals surface area contributed by atoms with E-state index >= 15 is 0 Å². The summed E-state index contributed by atoms with van der Waals surface area (Å²) in [5, 5.41) is 5.45. The van der Waals surface area contributed by atoms with Crippen molar-refractivity contribution in [3.05, 3.63) is 65.7 Å². The second-order valence-corrected chi connectivity index (χ2v) is 9.88. The van der Waals surface area contributed by atoms with Gasteiger partial charge in [-0.2, -0.15) is 0 Å². The van der Waals surface area contributed by atoms with Gasteiger partial charge in [-0.25, -0.2) is 17.9 Å². The second-order valence-electron chi connectivity index (χ2n) is 8.20. The lowest BCUT2D eigenvalue weighted by atomic mass is 9.97. The number of urea groups is 1. The van der Waals surface area contributed by atoms with Crippen LogP contribution in [0.1, 0.15) is 60.9 Å². The molecule has 0 atom stereocenters. The highest BCUT2D eigenvalue weighted by atomic mass is 32.2. The maximum Gasteiger partial charge on any atom is 0.328 e. The SMILES string of the molecule is O=C(NCCC1CCCCCC1)NS(=O)(=O)c1ccc(CNC(=O)c2ccccc2)cc1. The minimum absolute atomic E-state index is 0.00504. The van der Waals surface area contributed by atoms with Crippen molar-refractivity contribution in [2.45, 2.75) is 56.4 Å². The number of carbonyl (C=O) groups excluding carboxylic acids is 2. The minimum Gasteiger partial charge on any atom is -0.348 e. The van der Waals surface area contributed by atoms with E-state index in [9.17, 15) is 18.0 Å². The maximum atomic E-state index is 12.5. The standard InChI is InChI=1S/C24H31N3O4S/c28-23(21-10-6-3-7-11-21)26-18-20-12-14-22(15-13-20)32(30,31)27-24(29)25-17-16-19-8-4-1-2-5-9-19/h3,6-7,10-15,19H,1-2,4-5,8-9,16-18H2,(H,26,28)(H2,25,27,29). The van der Waals surface area contributed by atoms with Gasteiger partial charge in [-0.1, -0.05) is 68.9 Å². The quantitative estimate of drug-likeness (QED) is 0.522. The fraction of sp³-hybridized carbons (Fsp3) is 0.417. The number of hydrogen-bond donors (Lipinski definition) is 3. The Morgan fingerprint density at radius 1 is 0.844 bits per heavy atom. The van der Waals surface area contributed by atoms with E-state index in [-0.39, 0.29) is 17.3 Å². The molecule has 172 valence electrons. The third kappa shape index (κ3) is 7.37. The summed E-state index contributed by atoms with van der Waals surface area (Å²) in [7, 11) is -3.96. The molecule has 3 N–H and O–H groups in total. The summed E-state index contributed by atoms with van der Waals surface area (Å²) in [6.07, 6.45) is 8.26. The van der Waals surface area contributed by atoms with Crippen LogP contribution >= 0.6 is 0 Å². The first-order chi connectivity index (χ1) is 15.4. The lowest BCUT2D eigenvalue weighted by Crippen LogP contribution is -2.40. The predicted octanol–water partition coefficient (Wildman–Crippen LogP) is 3.97. The zero-order valence-corrected chi connectivity index (χ0v) is 19.0. The molecule has 0 bridgehead atoms. The first kappa shape index (κ1) is 23.8. The minimum atomic E-state index is -3.96. The molecule has 0 saturated heterocycles. The largest absolute Gasteiger partial charge is 0.348 e. The molecule has 2 aromatic rings. The maximum absolute atomic E-state index is 12.5. The van der Waals surface area contributed by atoms with Crippen molar-refractivity contribution in [2.75, 3.05) is 6.54 Å². The van der Waals surface area contributed by atoms with E-state index in [1.807, 2.05) is 6.07 Å². The van der Waals surface area contributed by atoms with Crippen LogP contribution in [0, 0.1) is 5.92 Å². The van der Waals surface area contributed by atoms with Crippen LogP contribution in [0.5, 0.6) is 0 Å². The highest BCUT2D eigenvalue weighted by Crippen LogP contribution is 2.24. The number of sulfonamides is 1. The van der Waals surface area contributed by atoms with Crippen molar-refractivity contribution >= 4 is 22.0 Å². The van der Waals surface area contributed by atoms with Crippen LogP contribution in [0.2, 0.25) is 0 Å². The summed E-state index contributed by atoms with van der Waals surface area (Å²) >= 11 is 0. The van der Waals surface area contributed by atoms with Crippen molar-refractivity contribution in [2.24, 2.45) is 5.92 Å². The molecule has 0 aromatic heterocycles. The summed E-state index contributed by atoms with van der Waals surface area (Å²) in [6.45, 7) is 0.731. The van der Waals surface area contributed by atoms with Crippen LogP contribution < -0.4 is 15.4 Å². The fourth-order valence-electron chi connectivity index (χ4n) is 3.92. The summed E-state index contributed by atoms with van der Waals surface area (Å²) in [5.74, 6) is 0.397. The van der Waals surface area contributed by atoms with E-state index in [1.165, 1.54) is 50.7 Å². The summed E-state index contributed by atoms with van der Waals surface area (Å²) in [6, 6.07) is 14.2. The van der Waals surface area contributed by atoms with Gasteiger partial charge < -0.3 is 10.6 Å². The highest BCUT2D eigenvalue weighted by Gasteiger charge is 2.18. The molecule has 7 nitrogen and oxygen atoms in total. The van der Waals surface area contributed by atoms with Gasteiger partial charge in [0.2, 0.25) is 0 Å². The van der Waals surface area contributed by atoms with Crippen LogP contribution in [-0.4, -0.2) is 26.9 Å². The van der Waals surface area contributed by atoms with E-state index in [0.717, 1.165) is 12.0 Å². The monoisotopic (exact) mass is 457 g/mol. The van der Waals surface area contributed by atoms with Gasteiger partial charge in [-0.3, -0.25) is 4.79 Å². The molecule has 3 rings (SSSR count). The number of rotatable bonds is 8. The summed E-state index contributed by atoms with van der Waals surface area (Å²) < 4.78 is 27.0. The third-order valence-electron chi connectivity index (χ3n) is 5.76. The zero-order valence-electron chi connectivity index (χ0n) is 18.2. The van der Waals surface area contributed by atoms with Gasteiger partial charge in [0.15, 0.2) is 0 Å². The molecular weight excluding hydrogens is 426 g/mol. The third-order valence-corrected chi connectivity index (χ3v) is 7.11. The highest BCUT2D eigenvalue weighted by molar-refractivity contribution is 7.90. The van der Waals surface area contributed by atoms with E-state index in [1.54, 1.807) is 36.4 Å². The Labute approximate surface area is 190 Å². The Balaban J connectivity index is 1.45. The van der Waals surface area contributed by atoms with Crippen LogP contribution in [0.3, 0.4) is 0 Å². The van der Waals surface area contributed by atoms with Crippen LogP contribution in [0.4, 0.5) is 4.79 Å². The Morgan fingerprint density at radius 3 is 2.16 bits per heavy atom. The van der Waals surface area contributed by atoms with Crippen LogP contribution in [0.25, 0.3) is 0 Å². The van der Waals surface area contributed by atoms with Gasteiger partial charge in [0, 0.05) is 18.7 Å². The summed E-state index contributed by atoms with van der Waals surface area (Å²) in [5.41, 5.74) is 1.31. The normalized spacial score (nSPS) is 14.9. The van der Waals surface area contributed by atoms with E-state index in [0.29, 0.717) is 18.0 Å². The molecule has 0 spiro atoms. The molecule has 0 heterocycles. The molecule has 0 aliphatic heterocycles. The smallest absolute Gasteiger partial charge is 0.328 e. The van der Waals surface area contributed by atoms with Gasteiger partial charge >= 0.3 is 6.03 Å². The van der Waals surface area contributed by atoms with E-state index < -0.39 is 16.1 Å². The molecule has 3 amide bonds. The Morgan fingerprint density at radius 2 is 1.50 bits per heavy atom. The molecule has 0 radical (unpaired) electrons. The number of amides is 3. The average molecular weight is 458 g/mol. The Hall–Kier alpha value is -2.87. The van der Waals surface area contributed by atoms with Crippen LogP contribution in [-0.2, 0) is 16.6 Å². The number of nitrogens with one attached hydrogen (secondary N) is 3. The predicted molar refractivity (Wildman–Crippen MR) is 124 cm³/mol. The van der Waals surface area contributed by atoms with Gasteiger partial charge in [0.05, 0.1) is 4.90 Å². The lowest BCUT2D eigenvalue weighted by Gasteiger charge is -2.14. The van der Waals surface area contributed by atoms with Crippen molar-refractivity contribution in [1.29, 1.82) is 0 Å². The van der Waals surface area contributed by atoms with Crippen molar-refractivity contribution in [3.63, 3.8) is 0 Å². The molecule has 32 heavy (non-hydrogen) atoms. The number of carbonyl (C=O) groups is 2. The zero-order chi connectivity index (χ0) is 22.8. The fourth-order valence-corrected chi connectivity index (χ4v) is 4.85. The molecule has 1 aliphatic carbocycles. The molecule has 2 aromatic carbocycles. The first-order valence-electron chi connectivity index (χ1n) is 11.2. The van der Waals surface area contributed by atoms with Crippen molar-refractivity contribution in [3.8, 4) is 0 Å². The molecule has 1 aliphatic rings. The molecule has 1 saturated carbocycles. The Bertz CT molecular complexity index is 984. The molecule has 0 unspecified atom stereocenters. The van der Waals surface area contributed by atoms with Gasteiger partial charge in [-0.05, 0) is 42.2 Å². The molecule has 1 fully saturated rings. The van der Waals surface area contributed by atoms with Crippen LogP contribution in [0.15, 0.2) is 59.5 Å². The molecular formula is C24H31N3O4S. The van der Waals surface area contributed by atoms with Gasteiger partial charge in [-0.15, -0.1) is 0 Å². The van der Waals surface area contributed by atoms with Crippen molar-refractivity contribution in [1.82, 2.24) is 15.4 Å². The van der Waals surface area contributed by atoms with Gasteiger partial charge in [0.25, 0.3) is 15.9 Å². The Kier molecular flexibility index (Phi) is 8.67.